The maximum absolute atomic E-state index is 5.96. The summed E-state index contributed by atoms with van der Waals surface area (Å²) in [6.07, 6.45) is 4.46. The Morgan fingerprint density at radius 2 is 2.19 bits per heavy atom. The molecule has 0 fully saturated rings. The standard InChI is InChI=1S/C16H17N3S2/c17-15(20)12-8-10-2-1-3-13(10)18-16(12)19-6-4-14-11(9-19)5-7-21-14/h5,7-8H,1-4,6,9H2,(H2,17,20). The number of rotatable bonds is 2. The second kappa shape index (κ2) is 5.07. The minimum absolute atomic E-state index is 0.461. The van der Waals surface area contributed by atoms with Gasteiger partial charge in [0, 0.05) is 23.7 Å². The van der Waals surface area contributed by atoms with Crippen molar-refractivity contribution in [3.63, 3.8) is 0 Å². The Hall–Kier alpha value is -1.46. The number of fused-ring (bicyclic) bond motifs is 2. The fraction of sp³-hybridized carbons (Fsp3) is 0.375. The zero-order valence-electron chi connectivity index (χ0n) is 11.8. The molecule has 5 heteroatoms. The lowest BCUT2D eigenvalue weighted by atomic mass is 10.1. The molecule has 0 unspecified atom stereocenters. The maximum Gasteiger partial charge on any atom is 0.139 e. The molecule has 2 aromatic rings. The normalized spacial score (nSPS) is 16.7. The van der Waals surface area contributed by atoms with E-state index in [0.29, 0.717) is 4.99 Å². The third kappa shape index (κ3) is 2.24. The summed E-state index contributed by atoms with van der Waals surface area (Å²) in [5.41, 5.74) is 10.9. The van der Waals surface area contributed by atoms with Crippen molar-refractivity contribution in [3.05, 3.63) is 44.8 Å². The molecule has 0 radical (unpaired) electrons. The van der Waals surface area contributed by atoms with Crippen molar-refractivity contribution in [2.75, 3.05) is 11.4 Å². The third-order valence-corrected chi connectivity index (χ3v) is 5.65. The van der Waals surface area contributed by atoms with Gasteiger partial charge in [-0.3, -0.25) is 0 Å². The monoisotopic (exact) mass is 315 g/mol. The molecule has 0 bridgehead atoms. The van der Waals surface area contributed by atoms with Crippen LogP contribution in [0.3, 0.4) is 0 Å². The van der Waals surface area contributed by atoms with Crippen LogP contribution in [-0.4, -0.2) is 16.5 Å². The molecule has 3 heterocycles. The molecule has 0 aromatic carbocycles. The van der Waals surface area contributed by atoms with Crippen LogP contribution >= 0.6 is 23.6 Å². The second-order valence-corrected chi connectivity index (χ2v) is 7.16. The van der Waals surface area contributed by atoms with Crippen LogP contribution in [0.5, 0.6) is 0 Å². The SMILES string of the molecule is NC(=S)c1cc2c(nc1N1CCc3sccc3C1)CCC2. The quantitative estimate of drug-likeness (QED) is 0.865. The highest BCUT2D eigenvalue weighted by Crippen LogP contribution is 2.31. The smallest absolute Gasteiger partial charge is 0.139 e. The van der Waals surface area contributed by atoms with Gasteiger partial charge in [0.05, 0.1) is 5.56 Å². The number of anilines is 1. The first-order valence-electron chi connectivity index (χ1n) is 7.35. The van der Waals surface area contributed by atoms with Gasteiger partial charge in [-0.1, -0.05) is 12.2 Å². The lowest BCUT2D eigenvalue weighted by Crippen LogP contribution is -2.32. The summed E-state index contributed by atoms with van der Waals surface area (Å²) in [5.74, 6) is 0.986. The summed E-state index contributed by atoms with van der Waals surface area (Å²) in [5, 5.41) is 2.18. The van der Waals surface area contributed by atoms with Crippen LogP contribution in [0.15, 0.2) is 17.5 Å². The van der Waals surface area contributed by atoms with Crippen molar-refractivity contribution in [2.45, 2.75) is 32.2 Å². The van der Waals surface area contributed by atoms with Crippen molar-refractivity contribution < 1.29 is 0 Å². The molecule has 1 aliphatic carbocycles. The topological polar surface area (TPSA) is 42.1 Å². The summed E-state index contributed by atoms with van der Waals surface area (Å²) in [7, 11) is 0. The number of aryl methyl sites for hydroxylation is 2. The minimum atomic E-state index is 0.461. The number of thiocarbonyl (C=S) groups is 1. The van der Waals surface area contributed by atoms with Crippen molar-refractivity contribution >= 4 is 34.4 Å². The number of nitrogens with two attached hydrogens (primary N) is 1. The van der Waals surface area contributed by atoms with Gasteiger partial charge >= 0.3 is 0 Å². The number of hydrogen-bond acceptors (Lipinski definition) is 4. The summed E-state index contributed by atoms with van der Waals surface area (Å²) in [6.45, 7) is 1.91. The molecule has 2 aliphatic rings. The molecule has 1 aliphatic heterocycles. The summed E-state index contributed by atoms with van der Waals surface area (Å²) in [6, 6.07) is 4.40. The van der Waals surface area contributed by atoms with E-state index in [1.807, 2.05) is 11.3 Å². The van der Waals surface area contributed by atoms with Gasteiger partial charge in [-0.05, 0) is 54.3 Å². The van der Waals surface area contributed by atoms with Crippen molar-refractivity contribution in [1.29, 1.82) is 0 Å². The van der Waals surface area contributed by atoms with Gasteiger partial charge in [-0.2, -0.15) is 0 Å². The first-order valence-corrected chi connectivity index (χ1v) is 8.64. The Morgan fingerprint density at radius 1 is 1.29 bits per heavy atom. The van der Waals surface area contributed by atoms with Gasteiger partial charge in [-0.25, -0.2) is 4.98 Å². The van der Waals surface area contributed by atoms with E-state index < -0.39 is 0 Å². The van der Waals surface area contributed by atoms with E-state index in [9.17, 15) is 0 Å². The first-order chi connectivity index (χ1) is 10.2. The molecule has 0 saturated carbocycles. The predicted octanol–water partition coefficient (Wildman–Crippen LogP) is 2.83. The van der Waals surface area contributed by atoms with Crippen LogP contribution in [0.2, 0.25) is 0 Å². The van der Waals surface area contributed by atoms with Crippen LogP contribution in [0.25, 0.3) is 0 Å². The average molecular weight is 315 g/mol. The molecule has 4 rings (SSSR count). The van der Waals surface area contributed by atoms with Crippen LogP contribution in [0.4, 0.5) is 5.82 Å². The molecular weight excluding hydrogens is 298 g/mol. The minimum Gasteiger partial charge on any atom is -0.389 e. The highest BCUT2D eigenvalue weighted by Gasteiger charge is 2.24. The Bertz CT molecular complexity index is 720. The Balaban J connectivity index is 1.76. The van der Waals surface area contributed by atoms with E-state index in [1.54, 1.807) is 0 Å². The fourth-order valence-electron chi connectivity index (χ4n) is 3.31. The molecule has 3 nitrogen and oxygen atoms in total. The molecule has 21 heavy (non-hydrogen) atoms. The third-order valence-electron chi connectivity index (χ3n) is 4.40. The highest BCUT2D eigenvalue weighted by molar-refractivity contribution is 7.80. The zero-order chi connectivity index (χ0) is 14.4. The van der Waals surface area contributed by atoms with Gasteiger partial charge in [0.25, 0.3) is 0 Å². The number of hydrogen-bond donors (Lipinski definition) is 1. The van der Waals surface area contributed by atoms with E-state index >= 15 is 0 Å². The number of aromatic nitrogens is 1. The van der Waals surface area contributed by atoms with Crippen LogP contribution in [0.1, 0.15) is 33.7 Å². The summed E-state index contributed by atoms with van der Waals surface area (Å²) < 4.78 is 0. The lowest BCUT2D eigenvalue weighted by molar-refractivity contribution is 0.728. The summed E-state index contributed by atoms with van der Waals surface area (Å²) >= 11 is 7.12. The molecule has 2 aromatic heterocycles. The largest absolute Gasteiger partial charge is 0.389 e. The molecule has 0 atom stereocenters. The maximum atomic E-state index is 5.96. The average Bonchev–Trinajstić information content (AvgIpc) is 3.13. The lowest BCUT2D eigenvalue weighted by Gasteiger charge is -2.30. The van der Waals surface area contributed by atoms with Gasteiger partial charge < -0.3 is 10.6 Å². The Morgan fingerprint density at radius 3 is 3.05 bits per heavy atom. The summed E-state index contributed by atoms with van der Waals surface area (Å²) in [4.78, 5) is 9.22. The molecule has 108 valence electrons. The number of pyridine rings is 1. The van der Waals surface area contributed by atoms with Crippen LogP contribution in [-0.2, 0) is 25.8 Å². The molecule has 0 amide bonds. The van der Waals surface area contributed by atoms with Gasteiger partial charge in [0.1, 0.15) is 10.8 Å². The van der Waals surface area contributed by atoms with Crippen LogP contribution < -0.4 is 10.6 Å². The molecule has 2 N–H and O–H groups in total. The predicted molar refractivity (Wildman–Crippen MR) is 91.2 cm³/mol. The van der Waals surface area contributed by atoms with E-state index in [2.05, 4.69) is 22.4 Å². The second-order valence-electron chi connectivity index (χ2n) is 5.72. The molecule has 0 spiro atoms. The van der Waals surface area contributed by atoms with E-state index in [4.69, 9.17) is 22.9 Å². The van der Waals surface area contributed by atoms with Crippen molar-refractivity contribution in [2.24, 2.45) is 5.73 Å². The van der Waals surface area contributed by atoms with Gasteiger partial charge in [0.2, 0.25) is 0 Å². The van der Waals surface area contributed by atoms with Crippen molar-refractivity contribution in [3.8, 4) is 0 Å². The Labute approximate surface area is 133 Å². The van der Waals surface area contributed by atoms with Crippen LogP contribution in [0, 0.1) is 0 Å². The highest BCUT2D eigenvalue weighted by atomic mass is 32.1. The van der Waals surface area contributed by atoms with Crippen molar-refractivity contribution in [1.82, 2.24) is 4.98 Å². The molecular formula is C16H17N3S2. The zero-order valence-corrected chi connectivity index (χ0v) is 13.4. The molecule has 0 saturated heterocycles. The first kappa shape index (κ1) is 13.2. The van der Waals surface area contributed by atoms with E-state index in [1.165, 1.54) is 28.1 Å². The van der Waals surface area contributed by atoms with E-state index in [-0.39, 0.29) is 0 Å². The number of nitrogens with zero attached hydrogens (tertiary/aromatic N) is 2. The fourth-order valence-corrected chi connectivity index (χ4v) is 4.35. The van der Waals surface area contributed by atoms with Gasteiger partial charge in [-0.15, -0.1) is 11.3 Å². The Kier molecular flexibility index (Phi) is 3.19. The van der Waals surface area contributed by atoms with E-state index in [0.717, 1.165) is 43.7 Å². The number of thiophene rings is 1. The van der Waals surface area contributed by atoms with Gasteiger partial charge in [0.15, 0.2) is 0 Å².